The lowest BCUT2D eigenvalue weighted by Crippen LogP contribution is -2.08. The van der Waals surface area contributed by atoms with E-state index in [4.69, 9.17) is 15.8 Å². The molecule has 1 aromatic heterocycles. The summed E-state index contributed by atoms with van der Waals surface area (Å²) < 4.78 is 5.77. The Balaban J connectivity index is 2.36. The lowest BCUT2D eigenvalue weighted by atomic mass is 10.1. The molecule has 0 amide bonds. The largest absolute Gasteiger partial charge is 0.438 e. The van der Waals surface area contributed by atoms with Crippen LogP contribution >= 0.6 is 0 Å². The average molecular weight is 254 g/mol. The lowest BCUT2D eigenvalue weighted by Gasteiger charge is -2.12. The van der Waals surface area contributed by atoms with Crippen molar-refractivity contribution >= 4 is 5.82 Å². The van der Waals surface area contributed by atoms with E-state index in [1.165, 1.54) is 0 Å². The molecule has 0 saturated heterocycles. The first kappa shape index (κ1) is 12.9. The summed E-state index contributed by atoms with van der Waals surface area (Å²) in [5, 5.41) is 8.91. The molecule has 1 heterocycles. The second kappa shape index (κ2) is 5.38. The van der Waals surface area contributed by atoms with E-state index in [0.717, 1.165) is 11.1 Å². The number of hydrogen-bond donors (Lipinski definition) is 2. The van der Waals surface area contributed by atoms with Crippen LogP contribution in [0.1, 0.15) is 16.7 Å². The van der Waals surface area contributed by atoms with E-state index >= 15 is 0 Å². The first-order valence-electron chi connectivity index (χ1n) is 5.77. The zero-order valence-electron chi connectivity index (χ0n) is 10.8. The van der Waals surface area contributed by atoms with Crippen molar-refractivity contribution in [3.05, 3.63) is 47.0 Å². The normalized spacial score (nSPS) is 9.79. The van der Waals surface area contributed by atoms with Crippen LogP contribution in [-0.4, -0.2) is 4.98 Å². The molecule has 0 aliphatic rings. The van der Waals surface area contributed by atoms with Crippen LogP contribution in [0, 0.1) is 25.2 Å². The number of ether oxygens (including phenoxy) is 1. The van der Waals surface area contributed by atoms with Crippen LogP contribution in [0.3, 0.4) is 0 Å². The summed E-state index contributed by atoms with van der Waals surface area (Å²) in [6.45, 7) is 3.79. The number of rotatable bonds is 3. The summed E-state index contributed by atoms with van der Waals surface area (Å²) in [6, 6.07) is 11.0. The number of nitrogen functional groups attached to an aromatic ring is 1. The molecule has 96 valence electrons. The molecule has 0 spiro atoms. The standard InChI is InChI=1S/C14H14N4O/c1-9-6-11(8-15)7-10(2)14(9)19-13-5-3-4-12(17-13)18-16/h3-7H,16H2,1-2H3,(H,17,18). The summed E-state index contributed by atoms with van der Waals surface area (Å²) in [6.07, 6.45) is 0. The van der Waals surface area contributed by atoms with Crippen molar-refractivity contribution in [3.63, 3.8) is 0 Å². The highest BCUT2D eigenvalue weighted by atomic mass is 16.5. The van der Waals surface area contributed by atoms with E-state index in [1.807, 2.05) is 13.8 Å². The maximum absolute atomic E-state index is 8.91. The molecule has 19 heavy (non-hydrogen) atoms. The lowest BCUT2D eigenvalue weighted by molar-refractivity contribution is 0.456. The van der Waals surface area contributed by atoms with E-state index < -0.39 is 0 Å². The Morgan fingerprint density at radius 3 is 2.53 bits per heavy atom. The molecule has 0 radical (unpaired) electrons. The van der Waals surface area contributed by atoms with Crippen molar-refractivity contribution in [3.8, 4) is 17.7 Å². The van der Waals surface area contributed by atoms with Crippen LogP contribution in [0.25, 0.3) is 0 Å². The van der Waals surface area contributed by atoms with Crippen LogP contribution in [0.5, 0.6) is 11.6 Å². The van der Waals surface area contributed by atoms with Crippen LogP contribution in [-0.2, 0) is 0 Å². The molecule has 0 bridgehead atoms. The molecule has 0 atom stereocenters. The monoisotopic (exact) mass is 254 g/mol. The van der Waals surface area contributed by atoms with Gasteiger partial charge in [0, 0.05) is 6.07 Å². The van der Waals surface area contributed by atoms with Crippen molar-refractivity contribution in [2.75, 3.05) is 5.43 Å². The molecular weight excluding hydrogens is 240 g/mol. The topological polar surface area (TPSA) is 84.0 Å². The number of pyridine rings is 1. The fourth-order valence-corrected chi connectivity index (χ4v) is 1.83. The van der Waals surface area contributed by atoms with Crippen LogP contribution in [0.4, 0.5) is 5.82 Å². The first-order valence-corrected chi connectivity index (χ1v) is 5.77. The highest BCUT2D eigenvalue weighted by molar-refractivity contribution is 5.48. The molecule has 0 fully saturated rings. The third kappa shape index (κ3) is 2.81. The number of hydrazine groups is 1. The minimum atomic E-state index is 0.450. The van der Waals surface area contributed by atoms with Crippen molar-refractivity contribution in [2.24, 2.45) is 5.84 Å². The molecular formula is C14H14N4O. The molecule has 0 aliphatic heterocycles. The van der Waals surface area contributed by atoms with Crippen molar-refractivity contribution in [1.29, 1.82) is 5.26 Å². The zero-order chi connectivity index (χ0) is 13.8. The maximum atomic E-state index is 8.91. The number of benzene rings is 1. The van der Waals surface area contributed by atoms with Gasteiger partial charge in [-0.1, -0.05) is 6.07 Å². The summed E-state index contributed by atoms with van der Waals surface area (Å²) >= 11 is 0. The van der Waals surface area contributed by atoms with Gasteiger partial charge in [-0.15, -0.1) is 0 Å². The van der Waals surface area contributed by atoms with Gasteiger partial charge in [-0.3, -0.25) is 0 Å². The molecule has 2 rings (SSSR count). The third-order valence-corrected chi connectivity index (χ3v) is 2.67. The van der Waals surface area contributed by atoms with E-state index in [0.29, 0.717) is 23.0 Å². The quantitative estimate of drug-likeness (QED) is 0.649. The Labute approximate surface area is 111 Å². The highest BCUT2D eigenvalue weighted by Gasteiger charge is 2.08. The van der Waals surface area contributed by atoms with Gasteiger partial charge in [0.2, 0.25) is 5.88 Å². The number of nitrogens with zero attached hydrogens (tertiary/aromatic N) is 2. The summed E-state index contributed by atoms with van der Waals surface area (Å²) in [5.74, 6) is 6.99. The van der Waals surface area contributed by atoms with Gasteiger partial charge in [0.25, 0.3) is 0 Å². The summed E-state index contributed by atoms with van der Waals surface area (Å²) in [5.41, 5.74) is 4.87. The average Bonchev–Trinajstić information content (AvgIpc) is 2.42. The Kier molecular flexibility index (Phi) is 3.64. The highest BCUT2D eigenvalue weighted by Crippen LogP contribution is 2.29. The SMILES string of the molecule is Cc1cc(C#N)cc(C)c1Oc1cccc(NN)n1. The van der Waals surface area contributed by atoms with E-state index in [1.54, 1.807) is 30.3 Å². The van der Waals surface area contributed by atoms with E-state index in [-0.39, 0.29) is 0 Å². The molecule has 5 nitrogen and oxygen atoms in total. The Morgan fingerprint density at radius 1 is 1.26 bits per heavy atom. The number of aryl methyl sites for hydroxylation is 2. The van der Waals surface area contributed by atoms with Gasteiger partial charge in [0.1, 0.15) is 11.6 Å². The van der Waals surface area contributed by atoms with Gasteiger partial charge in [-0.05, 0) is 43.2 Å². The number of nitrogens with one attached hydrogen (secondary N) is 1. The molecule has 0 unspecified atom stereocenters. The molecule has 5 heteroatoms. The van der Waals surface area contributed by atoms with Gasteiger partial charge in [-0.2, -0.15) is 10.2 Å². The predicted molar refractivity (Wildman–Crippen MR) is 72.8 cm³/mol. The number of anilines is 1. The fraction of sp³-hybridized carbons (Fsp3) is 0.143. The van der Waals surface area contributed by atoms with Gasteiger partial charge in [0.05, 0.1) is 11.6 Å². The fourth-order valence-electron chi connectivity index (χ4n) is 1.83. The minimum absolute atomic E-state index is 0.450. The molecule has 2 aromatic rings. The molecule has 3 N–H and O–H groups in total. The van der Waals surface area contributed by atoms with Crippen molar-refractivity contribution in [1.82, 2.24) is 4.98 Å². The third-order valence-electron chi connectivity index (χ3n) is 2.67. The second-order valence-corrected chi connectivity index (χ2v) is 4.16. The van der Waals surface area contributed by atoms with Crippen molar-refractivity contribution < 1.29 is 4.74 Å². The van der Waals surface area contributed by atoms with Crippen LogP contribution in [0.15, 0.2) is 30.3 Å². The summed E-state index contributed by atoms with van der Waals surface area (Å²) in [4.78, 5) is 4.19. The Morgan fingerprint density at radius 2 is 1.95 bits per heavy atom. The number of nitrogens with two attached hydrogens (primary N) is 1. The molecule has 0 saturated carbocycles. The van der Waals surface area contributed by atoms with Gasteiger partial charge in [0.15, 0.2) is 0 Å². The van der Waals surface area contributed by atoms with Crippen LogP contribution in [0.2, 0.25) is 0 Å². The van der Waals surface area contributed by atoms with Gasteiger partial charge in [-0.25, -0.2) is 5.84 Å². The van der Waals surface area contributed by atoms with E-state index in [2.05, 4.69) is 16.5 Å². The second-order valence-electron chi connectivity index (χ2n) is 4.16. The Bertz CT molecular complexity index is 623. The van der Waals surface area contributed by atoms with Gasteiger partial charge < -0.3 is 10.2 Å². The number of nitriles is 1. The van der Waals surface area contributed by atoms with Crippen LogP contribution < -0.4 is 16.0 Å². The van der Waals surface area contributed by atoms with Crippen molar-refractivity contribution in [2.45, 2.75) is 13.8 Å². The maximum Gasteiger partial charge on any atom is 0.221 e. The predicted octanol–water partition coefficient (Wildman–Crippen LogP) is 2.65. The number of aromatic nitrogens is 1. The molecule has 1 aromatic carbocycles. The zero-order valence-corrected chi connectivity index (χ0v) is 10.8. The first-order chi connectivity index (χ1) is 9.13. The molecule has 0 aliphatic carbocycles. The van der Waals surface area contributed by atoms with E-state index in [9.17, 15) is 0 Å². The Hall–Kier alpha value is -2.58. The smallest absolute Gasteiger partial charge is 0.221 e. The summed E-state index contributed by atoms with van der Waals surface area (Å²) in [7, 11) is 0. The van der Waals surface area contributed by atoms with Gasteiger partial charge >= 0.3 is 0 Å². The number of hydrogen-bond acceptors (Lipinski definition) is 5. The minimum Gasteiger partial charge on any atom is -0.438 e.